The molecule has 1 amide bonds. The van der Waals surface area contributed by atoms with Gasteiger partial charge in [0.1, 0.15) is 0 Å². The minimum Gasteiger partial charge on any atom is -0.350 e. The molecule has 0 bridgehead atoms. The minimum atomic E-state index is 0.0754. The molecule has 0 saturated heterocycles. The van der Waals surface area contributed by atoms with Crippen LogP contribution in [0.25, 0.3) is 0 Å². The maximum Gasteiger partial charge on any atom is 0.220 e. The van der Waals surface area contributed by atoms with Crippen LogP contribution >= 0.6 is 0 Å². The highest BCUT2D eigenvalue weighted by atomic mass is 16.1. The number of aryl methyl sites for hydroxylation is 1. The Morgan fingerprint density at radius 2 is 1.90 bits per heavy atom. The lowest BCUT2D eigenvalue weighted by Gasteiger charge is -2.18. The standard InChI is InChI=1S/C17H28N2O/c1-13-9-8-10-16(14(13)2)15(3)19-17(20)11-6-4-5-7-12-18/h8-10,15H,4-7,11-12,18H2,1-3H3,(H,19,20). The van der Waals surface area contributed by atoms with E-state index in [-0.39, 0.29) is 11.9 Å². The fraction of sp³-hybridized carbons (Fsp3) is 0.588. The Labute approximate surface area is 122 Å². The number of carbonyl (C=O) groups excluding carboxylic acids is 1. The molecular weight excluding hydrogens is 248 g/mol. The van der Waals surface area contributed by atoms with Crippen molar-refractivity contribution in [3.63, 3.8) is 0 Å². The summed E-state index contributed by atoms with van der Waals surface area (Å²) in [4.78, 5) is 11.9. The van der Waals surface area contributed by atoms with E-state index in [0.29, 0.717) is 6.42 Å². The zero-order valence-electron chi connectivity index (χ0n) is 13.0. The fourth-order valence-corrected chi connectivity index (χ4v) is 2.42. The number of unbranched alkanes of at least 4 members (excludes halogenated alkanes) is 3. The largest absolute Gasteiger partial charge is 0.350 e. The SMILES string of the molecule is Cc1cccc(C(C)NC(=O)CCCCCCN)c1C. The number of hydrogen-bond donors (Lipinski definition) is 2. The molecular formula is C17H28N2O. The number of nitrogens with two attached hydrogens (primary N) is 1. The molecule has 1 unspecified atom stereocenters. The first-order valence-corrected chi connectivity index (χ1v) is 7.61. The van der Waals surface area contributed by atoms with E-state index in [2.05, 4.69) is 31.3 Å². The molecule has 112 valence electrons. The minimum absolute atomic E-state index is 0.0754. The van der Waals surface area contributed by atoms with Crippen LogP contribution in [0.15, 0.2) is 18.2 Å². The molecule has 0 saturated carbocycles. The maximum atomic E-state index is 11.9. The van der Waals surface area contributed by atoms with Crippen LogP contribution in [0.3, 0.4) is 0 Å². The molecule has 1 rings (SSSR count). The van der Waals surface area contributed by atoms with Gasteiger partial charge in [0.25, 0.3) is 0 Å². The van der Waals surface area contributed by atoms with Gasteiger partial charge in [-0.1, -0.05) is 31.0 Å². The van der Waals surface area contributed by atoms with E-state index in [4.69, 9.17) is 5.73 Å². The van der Waals surface area contributed by atoms with E-state index < -0.39 is 0 Å². The van der Waals surface area contributed by atoms with Gasteiger partial charge in [-0.25, -0.2) is 0 Å². The van der Waals surface area contributed by atoms with Crippen LogP contribution in [0.2, 0.25) is 0 Å². The summed E-state index contributed by atoms with van der Waals surface area (Å²) in [6.07, 6.45) is 4.82. The Morgan fingerprint density at radius 3 is 2.60 bits per heavy atom. The lowest BCUT2D eigenvalue weighted by atomic mass is 9.98. The third-order valence-electron chi connectivity index (χ3n) is 3.85. The van der Waals surface area contributed by atoms with E-state index in [0.717, 1.165) is 32.2 Å². The van der Waals surface area contributed by atoms with Crippen molar-refractivity contribution in [3.8, 4) is 0 Å². The number of carbonyl (C=O) groups is 1. The molecule has 0 aliphatic heterocycles. The number of nitrogens with one attached hydrogen (secondary N) is 1. The maximum absolute atomic E-state index is 11.9. The van der Waals surface area contributed by atoms with Crippen molar-refractivity contribution in [1.29, 1.82) is 0 Å². The van der Waals surface area contributed by atoms with E-state index in [9.17, 15) is 4.79 Å². The molecule has 0 aromatic heterocycles. The van der Waals surface area contributed by atoms with Gasteiger partial charge in [-0.15, -0.1) is 0 Å². The van der Waals surface area contributed by atoms with Crippen LogP contribution in [0.4, 0.5) is 0 Å². The Balaban J connectivity index is 2.39. The highest BCUT2D eigenvalue weighted by Crippen LogP contribution is 2.20. The molecule has 1 aromatic carbocycles. The van der Waals surface area contributed by atoms with Crippen molar-refractivity contribution in [2.24, 2.45) is 5.73 Å². The predicted molar refractivity (Wildman–Crippen MR) is 84.6 cm³/mol. The highest BCUT2D eigenvalue weighted by molar-refractivity contribution is 5.76. The number of amides is 1. The molecule has 0 spiro atoms. The van der Waals surface area contributed by atoms with Crippen molar-refractivity contribution >= 4 is 5.91 Å². The summed E-state index contributed by atoms with van der Waals surface area (Å²) < 4.78 is 0. The topological polar surface area (TPSA) is 55.1 Å². The van der Waals surface area contributed by atoms with Crippen molar-refractivity contribution < 1.29 is 4.79 Å². The molecule has 0 heterocycles. The Morgan fingerprint density at radius 1 is 1.20 bits per heavy atom. The molecule has 3 N–H and O–H groups in total. The third kappa shape index (κ3) is 5.33. The van der Waals surface area contributed by atoms with Gasteiger partial charge >= 0.3 is 0 Å². The zero-order valence-corrected chi connectivity index (χ0v) is 13.0. The molecule has 0 radical (unpaired) electrons. The van der Waals surface area contributed by atoms with E-state index >= 15 is 0 Å². The summed E-state index contributed by atoms with van der Waals surface area (Å²) in [7, 11) is 0. The van der Waals surface area contributed by atoms with Gasteiger partial charge in [0.05, 0.1) is 6.04 Å². The van der Waals surface area contributed by atoms with Crippen LogP contribution in [0.1, 0.15) is 61.8 Å². The average molecular weight is 276 g/mol. The molecule has 3 heteroatoms. The molecule has 0 fully saturated rings. The summed E-state index contributed by atoms with van der Waals surface area (Å²) in [5.74, 6) is 0.145. The van der Waals surface area contributed by atoms with E-state index in [1.165, 1.54) is 16.7 Å². The summed E-state index contributed by atoms with van der Waals surface area (Å²) in [5, 5.41) is 3.09. The number of benzene rings is 1. The van der Waals surface area contributed by atoms with E-state index in [1.54, 1.807) is 0 Å². The van der Waals surface area contributed by atoms with Crippen molar-refractivity contribution in [1.82, 2.24) is 5.32 Å². The number of hydrogen-bond acceptors (Lipinski definition) is 2. The van der Waals surface area contributed by atoms with Gasteiger partial charge in [0.15, 0.2) is 0 Å². The molecule has 20 heavy (non-hydrogen) atoms. The van der Waals surface area contributed by atoms with Crippen LogP contribution in [-0.4, -0.2) is 12.5 Å². The molecule has 1 aromatic rings. The normalized spacial score (nSPS) is 12.2. The Hall–Kier alpha value is -1.35. The van der Waals surface area contributed by atoms with Crippen molar-refractivity contribution in [2.75, 3.05) is 6.54 Å². The Kier molecular flexibility index (Phi) is 7.31. The molecule has 0 aliphatic rings. The van der Waals surface area contributed by atoms with Crippen LogP contribution in [0, 0.1) is 13.8 Å². The van der Waals surface area contributed by atoms with Crippen LogP contribution in [-0.2, 0) is 4.79 Å². The van der Waals surface area contributed by atoms with E-state index in [1.807, 2.05) is 13.0 Å². The third-order valence-corrected chi connectivity index (χ3v) is 3.85. The predicted octanol–water partition coefficient (Wildman–Crippen LogP) is 3.39. The van der Waals surface area contributed by atoms with Crippen LogP contribution < -0.4 is 11.1 Å². The summed E-state index contributed by atoms with van der Waals surface area (Å²) in [5.41, 5.74) is 9.19. The highest BCUT2D eigenvalue weighted by Gasteiger charge is 2.12. The molecule has 1 atom stereocenters. The molecule has 0 aliphatic carbocycles. The van der Waals surface area contributed by atoms with Crippen molar-refractivity contribution in [2.45, 2.75) is 58.9 Å². The fourth-order valence-electron chi connectivity index (χ4n) is 2.42. The van der Waals surface area contributed by atoms with Crippen LogP contribution in [0.5, 0.6) is 0 Å². The second-order valence-corrected chi connectivity index (χ2v) is 5.53. The first-order valence-electron chi connectivity index (χ1n) is 7.61. The van der Waals surface area contributed by atoms with Gasteiger partial charge in [-0.2, -0.15) is 0 Å². The van der Waals surface area contributed by atoms with Gasteiger partial charge in [0.2, 0.25) is 5.91 Å². The smallest absolute Gasteiger partial charge is 0.220 e. The zero-order chi connectivity index (χ0) is 15.0. The van der Waals surface area contributed by atoms with Crippen molar-refractivity contribution in [3.05, 3.63) is 34.9 Å². The number of rotatable bonds is 8. The summed E-state index contributed by atoms with van der Waals surface area (Å²) in [6, 6.07) is 6.32. The summed E-state index contributed by atoms with van der Waals surface area (Å²) in [6.45, 7) is 7.01. The Bertz CT molecular complexity index is 429. The second kappa shape index (κ2) is 8.75. The second-order valence-electron chi connectivity index (χ2n) is 5.53. The van der Waals surface area contributed by atoms with Gasteiger partial charge in [-0.05, 0) is 56.8 Å². The quantitative estimate of drug-likeness (QED) is 0.715. The van der Waals surface area contributed by atoms with Gasteiger partial charge in [-0.3, -0.25) is 4.79 Å². The average Bonchev–Trinajstić information content (AvgIpc) is 2.41. The molecule has 3 nitrogen and oxygen atoms in total. The van der Waals surface area contributed by atoms with Gasteiger partial charge < -0.3 is 11.1 Å². The van der Waals surface area contributed by atoms with Gasteiger partial charge in [0, 0.05) is 6.42 Å². The monoisotopic (exact) mass is 276 g/mol. The lowest BCUT2D eigenvalue weighted by molar-refractivity contribution is -0.121. The first-order chi connectivity index (χ1) is 9.56. The first kappa shape index (κ1) is 16.7. The summed E-state index contributed by atoms with van der Waals surface area (Å²) >= 11 is 0. The lowest BCUT2D eigenvalue weighted by Crippen LogP contribution is -2.26.